The average molecular weight is 276 g/mol. The normalized spacial score (nSPS) is 21.9. The molecule has 0 atom stereocenters. The summed E-state index contributed by atoms with van der Waals surface area (Å²) in [5.74, 6) is 1.06. The van der Waals surface area contributed by atoms with Crippen molar-refractivity contribution >= 4 is 5.82 Å². The van der Waals surface area contributed by atoms with Crippen LogP contribution in [-0.4, -0.2) is 60.3 Å². The Kier molecular flexibility index (Phi) is 3.65. The molecule has 0 amide bonds. The van der Waals surface area contributed by atoms with Gasteiger partial charge in [-0.25, -0.2) is 9.97 Å². The number of ether oxygens (including phenoxy) is 1. The molecule has 0 saturated carbocycles. The van der Waals surface area contributed by atoms with Gasteiger partial charge in [-0.15, -0.1) is 0 Å². The molecule has 5 heteroatoms. The van der Waals surface area contributed by atoms with Crippen LogP contribution in [0.15, 0.2) is 12.4 Å². The van der Waals surface area contributed by atoms with Crippen molar-refractivity contribution in [3.8, 4) is 0 Å². The fraction of sp³-hybridized carbons (Fsp3) is 0.733. The molecular weight excluding hydrogens is 252 g/mol. The zero-order valence-corrected chi connectivity index (χ0v) is 12.7. The van der Waals surface area contributed by atoms with Crippen LogP contribution in [0.1, 0.15) is 26.5 Å². The Bertz CT molecular complexity index is 459. The molecule has 20 heavy (non-hydrogen) atoms. The van der Waals surface area contributed by atoms with Gasteiger partial charge in [0, 0.05) is 37.7 Å². The second kappa shape index (κ2) is 5.30. The molecule has 0 radical (unpaired) electrons. The summed E-state index contributed by atoms with van der Waals surface area (Å²) in [5, 5.41) is 0. The first-order valence-corrected chi connectivity index (χ1v) is 7.43. The number of nitrogens with zero attached hydrogens (tertiary/aromatic N) is 4. The summed E-state index contributed by atoms with van der Waals surface area (Å²) >= 11 is 0. The van der Waals surface area contributed by atoms with E-state index in [2.05, 4.69) is 46.6 Å². The van der Waals surface area contributed by atoms with E-state index < -0.39 is 0 Å². The molecule has 5 nitrogen and oxygen atoms in total. The van der Waals surface area contributed by atoms with Crippen LogP contribution < -0.4 is 4.90 Å². The Morgan fingerprint density at radius 2 is 1.80 bits per heavy atom. The van der Waals surface area contributed by atoms with E-state index in [0.29, 0.717) is 6.04 Å². The first-order valence-electron chi connectivity index (χ1n) is 7.43. The lowest BCUT2D eigenvalue weighted by molar-refractivity contribution is -0.0661. The van der Waals surface area contributed by atoms with Crippen molar-refractivity contribution < 1.29 is 4.74 Å². The van der Waals surface area contributed by atoms with E-state index in [1.807, 2.05) is 0 Å². The molecule has 1 aromatic rings. The molecule has 0 unspecified atom stereocenters. The molecule has 2 saturated heterocycles. The zero-order valence-electron chi connectivity index (χ0n) is 12.7. The van der Waals surface area contributed by atoms with Crippen molar-refractivity contribution in [3.05, 3.63) is 18.1 Å². The topological polar surface area (TPSA) is 41.5 Å². The maximum atomic E-state index is 5.28. The number of anilines is 1. The van der Waals surface area contributed by atoms with Gasteiger partial charge in [-0.2, -0.15) is 0 Å². The molecule has 3 heterocycles. The van der Waals surface area contributed by atoms with Gasteiger partial charge in [-0.1, -0.05) is 20.8 Å². The Hall–Kier alpha value is -1.20. The van der Waals surface area contributed by atoms with Crippen LogP contribution in [0.5, 0.6) is 0 Å². The first kappa shape index (κ1) is 13.8. The Morgan fingerprint density at radius 1 is 1.10 bits per heavy atom. The van der Waals surface area contributed by atoms with Gasteiger partial charge >= 0.3 is 0 Å². The number of rotatable bonds is 2. The monoisotopic (exact) mass is 276 g/mol. The fourth-order valence-electron chi connectivity index (χ4n) is 2.68. The van der Waals surface area contributed by atoms with Crippen molar-refractivity contribution in [3.63, 3.8) is 0 Å². The summed E-state index contributed by atoms with van der Waals surface area (Å²) in [6.45, 7) is 12.7. The molecule has 0 spiro atoms. The van der Waals surface area contributed by atoms with Gasteiger partial charge in [0.15, 0.2) is 0 Å². The lowest BCUT2D eigenvalue weighted by atomic mass is 9.92. The number of piperazine rings is 1. The maximum absolute atomic E-state index is 5.28. The van der Waals surface area contributed by atoms with E-state index in [0.717, 1.165) is 50.9 Å². The van der Waals surface area contributed by atoms with Crippen molar-refractivity contribution in [1.82, 2.24) is 14.9 Å². The number of hydrogen-bond donors (Lipinski definition) is 0. The minimum absolute atomic E-state index is 0.0722. The molecule has 0 aliphatic carbocycles. The second-order valence-corrected chi connectivity index (χ2v) is 6.73. The van der Waals surface area contributed by atoms with Gasteiger partial charge in [0.25, 0.3) is 0 Å². The Labute approximate surface area is 121 Å². The highest BCUT2D eigenvalue weighted by Crippen LogP contribution is 2.23. The van der Waals surface area contributed by atoms with Gasteiger partial charge in [0.05, 0.1) is 24.9 Å². The third-order valence-corrected chi connectivity index (χ3v) is 4.20. The van der Waals surface area contributed by atoms with Crippen LogP contribution in [0.3, 0.4) is 0 Å². The van der Waals surface area contributed by atoms with Gasteiger partial charge in [0.2, 0.25) is 0 Å². The standard InChI is InChI=1S/C15H24N4O/c1-15(2,3)13-8-14(17-11-16-13)19-6-4-18(5-7-19)12-9-20-10-12/h8,11-12H,4-7,9-10H2,1-3H3. The van der Waals surface area contributed by atoms with E-state index in [-0.39, 0.29) is 5.41 Å². The molecular formula is C15H24N4O. The van der Waals surface area contributed by atoms with E-state index >= 15 is 0 Å². The number of hydrogen-bond acceptors (Lipinski definition) is 5. The molecule has 2 fully saturated rings. The predicted octanol–water partition coefficient (Wildman–Crippen LogP) is 1.29. The molecule has 2 aliphatic rings. The lowest BCUT2D eigenvalue weighted by Gasteiger charge is -2.42. The van der Waals surface area contributed by atoms with Gasteiger partial charge in [-0.05, 0) is 0 Å². The summed E-state index contributed by atoms with van der Waals surface area (Å²) in [5.41, 5.74) is 1.18. The molecule has 0 N–H and O–H groups in total. The van der Waals surface area contributed by atoms with E-state index in [9.17, 15) is 0 Å². The molecule has 3 rings (SSSR count). The molecule has 2 aliphatic heterocycles. The fourth-order valence-corrected chi connectivity index (χ4v) is 2.68. The van der Waals surface area contributed by atoms with Crippen LogP contribution >= 0.6 is 0 Å². The third-order valence-electron chi connectivity index (χ3n) is 4.20. The summed E-state index contributed by atoms with van der Waals surface area (Å²) < 4.78 is 5.28. The SMILES string of the molecule is CC(C)(C)c1cc(N2CCN(C3COC3)CC2)ncn1. The quantitative estimate of drug-likeness (QED) is 0.814. The lowest BCUT2D eigenvalue weighted by Crippen LogP contribution is -2.56. The van der Waals surface area contributed by atoms with E-state index in [4.69, 9.17) is 4.74 Å². The van der Waals surface area contributed by atoms with Crippen LogP contribution in [0.2, 0.25) is 0 Å². The van der Waals surface area contributed by atoms with Crippen LogP contribution in [0, 0.1) is 0 Å². The van der Waals surface area contributed by atoms with E-state index in [1.54, 1.807) is 6.33 Å². The highest BCUT2D eigenvalue weighted by molar-refractivity contribution is 5.40. The van der Waals surface area contributed by atoms with E-state index in [1.165, 1.54) is 0 Å². The highest BCUT2D eigenvalue weighted by Gasteiger charge is 2.29. The average Bonchev–Trinajstić information content (AvgIpc) is 2.37. The summed E-state index contributed by atoms with van der Waals surface area (Å²) in [6.07, 6.45) is 1.70. The van der Waals surface area contributed by atoms with Crippen LogP contribution in [0.4, 0.5) is 5.82 Å². The highest BCUT2D eigenvalue weighted by atomic mass is 16.5. The molecule has 110 valence electrons. The van der Waals surface area contributed by atoms with Crippen molar-refractivity contribution in [2.75, 3.05) is 44.3 Å². The molecule has 0 aromatic carbocycles. The largest absolute Gasteiger partial charge is 0.378 e. The van der Waals surface area contributed by atoms with Crippen molar-refractivity contribution in [2.45, 2.75) is 32.2 Å². The smallest absolute Gasteiger partial charge is 0.132 e. The Morgan fingerprint density at radius 3 is 2.35 bits per heavy atom. The Balaban J connectivity index is 1.65. The third kappa shape index (κ3) is 2.79. The minimum Gasteiger partial charge on any atom is -0.378 e. The van der Waals surface area contributed by atoms with Gasteiger partial charge in [-0.3, -0.25) is 4.90 Å². The van der Waals surface area contributed by atoms with Gasteiger partial charge < -0.3 is 9.64 Å². The van der Waals surface area contributed by atoms with Crippen molar-refractivity contribution in [2.24, 2.45) is 0 Å². The van der Waals surface area contributed by atoms with Crippen LogP contribution in [0.25, 0.3) is 0 Å². The summed E-state index contributed by atoms with van der Waals surface area (Å²) in [4.78, 5) is 13.8. The summed E-state index contributed by atoms with van der Waals surface area (Å²) in [6, 6.07) is 2.79. The van der Waals surface area contributed by atoms with Crippen LogP contribution in [-0.2, 0) is 10.2 Å². The number of aromatic nitrogens is 2. The zero-order chi connectivity index (χ0) is 14.2. The predicted molar refractivity (Wildman–Crippen MR) is 79.1 cm³/mol. The molecule has 0 bridgehead atoms. The first-order chi connectivity index (χ1) is 9.54. The second-order valence-electron chi connectivity index (χ2n) is 6.73. The minimum atomic E-state index is 0.0722. The maximum Gasteiger partial charge on any atom is 0.132 e. The van der Waals surface area contributed by atoms with Gasteiger partial charge in [0.1, 0.15) is 12.1 Å². The van der Waals surface area contributed by atoms with Crippen molar-refractivity contribution in [1.29, 1.82) is 0 Å². The summed E-state index contributed by atoms with van der Waals surface area (Å²) in [7, 11) is 0. The molecule has 1 aromatic heterocycles.